The summed E-state index contributed by atoms with van der Waals surface area (Å²) in [6.07, 6.45) is 5.61. The second kappa shape index (κ2) is 9.14. The van der Waals surface area contributed by atoms with E-state index in [1.54, 1.807) is 0 Å². The maximum atomic E-state index is 12.5. The van der Waals surface area contributed by atoms with E-state index >= 15 is 0 Å². The molecule has 1 amide bonds. The number of thioether (sulfide) groups is 1. The average Bonchev–Trinajstić information content (AvgIpc) is 3.16. The van der Waals surface area contributed by atoms with Crippen molar-refractivity contribution in [3.05, 3.63) is 42.5 Å². The summed E-state index contributed by atoms with van der Waals surface area (Å²) >= 11 is 2.00. The van der Waals surface area contributed by atoms with Crippen molar-refractivity contribution in [2.45, 2.75) is 50.4 Å². The fraction of sp³-hybridized carbons (Fsp3) is 0.476. The second-order valence-corrected chi connectivity index (χ2v) is 7.97. The van der Waals surface area contributed by atoms with Crippen LogP contribution in [0.1, 0.15) is 39.0 Å². The van der Waals surface area contributed by atoms with Crippen LogP contribution in [0.2, 0.25) is 0 Å². The predicted molar refractivity (Wildman–Crippen MR) is 106 cm³/mol. The number of hydrogen-bond donors (Lipinski definition) is 1. The van der Waals surface area contributed by atoms with Crippen molar-refractivity contribution in [3.63, 3.8) is 0 Å². The zero-order valence-electron chi connectivity index (χ0n) is 14.9. The van der Waals surface area contributed by atoms with Crippen LogP contribution in [0.4, 0.5) is 0 Å². The van der Waals surface area contributed by atoms with Crippen LogP contribution in [0.5, 0.6) is 5.75 Å². The van der Waals surface area contributed by atoms with Gasteiger partial charge >= 0.3 is 0 Å². The molecular weight excluding hydrogens is 330 g/mol. The Bertz CT molecular complexity index is 692. The summed E-state index contributed by atoms with van der Waals surface area (Å²) in [5, 5.41) is 6.02. The Kier molecular flexibility index (Phi) is 6.62. The first-order valence-corrected chi connectivity index (χ1v) is 10.4. The van der Waals surface area contributed by atoms with E-state index in [-0.39, 0.29) is 5.91 Å². The molecule has 3 rings (SSSR count). The molecule has 134 valence electrons. The minimum atomic E-state index is -0.442. The molecule has 1 N–H and O–H groups in total. The predicted octanol–water partition coefficient (Wildman–Crippen LogP) is 4.79. The highest BCUT2D eigenvalue weighted by Gasteiger charge is 2.19. The first kappa shape index (κ1) is 18.1. The minimum absolute atomic E-state index is 0.0116. The van der Waals surface area contributed by atoms with Gasteiger partial charge in [0.25, 0.3) is 5.91 Å². The quantitative estimate of drug-likeness (QED) is 0.690. The largest absolute Gasteiger partial charge is 0.480 e. The third kappa shape index (κ3) is 4.91. The number of fused-ring (bicyclic) bond motifs is 1. The normalized spacial score (nSPS) is 16.0. The molecule has 0 bridgehead atoms. The molecule has 1 atom stereocenters. The summed E-state index contributed by atoms with van der Waals surface area (Å²) in [7, 11) is 0. The molecule has 0 unspecified atom stereocenters. The van der Waals surface area contributed by atoms with Gasteiger partial charge in [0.15, 0.2) is 6.10 Å². The monoisotopic (exact) mass is 357 g/mol. The molecule has 0 spiro atoms. The maximum absolute atomic E-state index is 12.5. The van der Waals surface area contributed by atoms with Crippen LogP contribution in [0.3, 0.4) is 0 Å². The molecule has 1 aliphatic carbocycles. The van der Waals surface area contributed by atoms with Gasteiger partial charge in [-0.2, -0.15) is 11.8 Å². The number of rotatable bonds is 8. The maximum Gasteiger partial charge on any atom is 0.261 e. The lowest BCUT2D eigenvalue weighted by Gasteiger charge is -2.19. The summed E-state index contributed by atoms with van der Waals surface area (Å²) in [4.78, 5) is 12.5. The summed E-state index contributed by atoms with van der Waals surface area (Å²) in [6, 6.07) is 14.1. The lowest BCUT2D eigenvalue weighted by molar-refractivity contribution is -0.127. The molecule has 0 heterocycles. The Morgan fingerprint density at radius 2 is 1.96 bits per heavy atom. The summed E-state index contributed by atoms with van der Waals surface area (Å²) < 4.78 is 6.05. The number of ether oxygens (including phenoxy) is 1. The van der Waals surface area contributed by atoms with E-state index in [0.29, 0.717) is 6.42 Å². The van der Waals surface area contributed by atoms with Crippen LogP contribution in [0.15, 0.2) is 42.5 Å². The van der Waals surface area contributed by atoms with Crippen molar-refractivity contribution in [1.29, 1.82) is 0 Å². The van der Waals surface area contributed by atoms with E-state index in [1.165, 1.54) is 25.7 Å². The molecule has 0 aromatic heterocycles. The zero-order valence-corrected chi connectivity index (χ0v) is 15.7. The van der Waals surface area contributed by atoms with E-state index in [1.807, 2.05) is 49.0 Å². The van der Waals surface area contributed by atoms with E-state index in [4.69, 9.17) is 4.74 Å². The molecular formula is C21H27NO2S. The number of amides is 1. The van der Waals surface area contributed by atoms with Crippen molar-refractivity contribution in [3.8, 4) is 5.75 Å². The second-order valence-electron chi connectivity index (χ2n) is 6.56. The van der Waals surface area contributed by atoms with Gasteiger partial charge in [-0.15, -0.1) is 0 Å². The first-order valence-electron chi connectivity index (χ1n) is 9.31. The zero-order chi connectivity index (χ0) is 17.5. The van der Waals surface area contributed by atoms with E-state index in [2.05, 4.69) is 17.4 Å². The lowest BCUT2D eigenvalue weighted by atomic mass is 10.1. The Hall–Kier alpha value is -1.68. The first-order chi connectivity index (χ1) is 12.3. The molecule has 3 nitrogen and oxygen atoms in total. The molecule has 1 aliphatic rings. The molecule has 25 heavy (non-hydrogen) atoms. The van der Waals surface area contributed by atoms with Gasteiger partial charge in [0.1, 0.15) is 5.75 Å². The molecule has 2 aromatic carbocycles. The highest BCUT2D eigenvalue weighted by atomic mass is 32.2. The van der Waals surface area contributed by atoms with Crippen molar-refractivity contribution in [2.24, 2.45) is 0 Å². The van der Waals surface area contributed by atoms with Crippen LogP contribution >= 0.6 is 11.8 Å². The Labute approximate surface area is 154 Å². The molecule has 4 heteroatoms. The van der Waals surface area contributed by atoms with Crippen LogP contribution in [0.25, 0.3) is 10.8 Å². The van der Waals surface area contributed by atoms with Crippen LogP contribution in [-0.2, 0) is 4.79 Å². The standard InChI is InChI=1S/C21H27NO2S/c1-2-19(21(23)22-14-15-25-17-10-4-5-11-17)24-20-13-7-9-16-8-3-6-12-18(16)20/h3,6-9,12-13,17,19H,2,4-5,10-11,14-15H2,1H3,(H,22,23)/t19-/m1/s1. The van der Waals surface area contributed by atoms with Crippen molar-refractivity contribution in [1.82, 2.24) is 5.32 Å². The van der Waals surface area contributed by atoms with E-state index in [0.717, 1.165) is 34.1 Å². The minimum Gasteiger partial charge on any atom is -0.480 e. The molecule has 2 aromatic rings. The van der Waals surface area contributed by atoms with E-state index < -0.39 is 6.10 Å². The fourth-order valence-electron chi connectivity index (χ4n) is 3.34. The number of carbonyl (C=O) groups excluding carboxylic acids is 1. The van der Waals surface area contributed by atoms with Gasteiger partial charge in [0, 0.05) is 22.9 Å². The van der Waals surface area contributed by atoms with Crippen molar-refractivity contribution in [2.75, 3.05) is 12.3 Å². The number of carbonyl (C=O) groups is 1. The molecule has 0 radical (unpaired) electrons. The third-order valence-electron chi connectivity index (χ3n) is 4.74. The van der Waals surface area contributed by atoms with Crippen LogP contribution in [0, 0.1) is 0 Å². The summed E-state index contributed by atoms with van der Waals surface area (Å²) in [5.41, 5.74) is 0. The fourth-order valence-corrected chi connectivity index (χ4v) is 4.56. The highest BCUT2D eigenvalue weighted by Crippen LogP contribution is 2.29. The lowest BCUT2D eigenvalue weighted by Crippen LogP contribution is -2.39. The van der Waals surface area contributed by atoms with Crippen LogP contribution < -0.4 is 10.1 Å². The molecule has 1 fully saturated rings. The van der Waals surface area contributed by atoms with Crippen molar-refractivity contribution >= 4 is 28.4 Å². The number of benzene rings is 2. The highest BCUT2D eigenvalue weighted by molar-refractivity contribution is 7.99. The Balaban J connectivity index is 1.53. The SMILES string of the molecule is CC[C@@H](Oc1cccc2ccccc12)C(=O)NCCSC1CCCC1. The van der Waals surface area contributed by atoms with Gasteiger partial charge < -0.3 is 10.1 Å². The molecule has 0 aliphatic heterocycles. The number of nitrogens with one attached hydrogen (secondary N) is 1. The van der Waals surface area contributed by atoms with Gasteiger partial charge in [-0.3, -0.25) is 4.79 Å². The Morgan fingerprint density at radius 1 is 1.20 bits per heavy atom. The smallest absolute Gasteiger partial charge is 0.261 e. The van der Waals surface area contributed by atoms with Gasteiger partial charge in [-0.25, -0.2) is 0 Å². The van der Waals surface area contributed by atoms with Gasteiger partial charge in [-0.1, -0.05) is 56.2 Å². The van der Waals surface area contributed by atoms with Crippen LogP contribution in [-0.4, -0.2) is 29.6 Å². The van der Waals surface area contributed by atoms with Crippen molar-refractivity contribution < 1.29 is 9.53 Å². The van der Waals surface area contributed by atoms with Gasteiger partial charge in [0.05, 0.1) is 0 Å². The van der Waals surface area contributed by atoms with E-state index in [9.17, 15) is 4.79 Å². The summed E-state index contributed by atoms with van der Waals surface area (Å²) in [6.45, 7) is 2.71. The molecule has 0 saturated heterocycles. The summed E-state index contributed by atoms with van der Waals surface area (Å²) in [5.74, 6) is 1.75. The Morgan fingerprint density at radius 3 is 2.76 bits per heavy atom. The molecule has 1 saturated carbocycles. The third-order valence-corrected chi connectivity index (χ3v) is 6.12. The topological polar surface area (TPSA) is 38.3 Å². The van der Waals surface area contributed by atoms with Gasteiger partial charge in [-0.05, 0) is 30.7 Å². The van der Waals surface area contributed by atoms with Gasteiger partial charge in [0.2, 0.25) is 0 Å². The average molecular weight is 358 g/mol. The number of hydrogen-bond acceptors (Lipinski definition) is 3.